The molecule has 0 unspecified atom stereocenters. The Kier molecular flexibility index (Phi) is 7.38. The second-order valence-electron chi connectivity index (χ2n) is 7.62. The molecule has 0 radical (unpaired) electrons. The number of phenolic OH excluding ortho intramolecular Hbond substituents is 1. The molecule has 9 heteroatoms. The minimum absolute atomic E-state index is 0.0722. The number of fused-ring (bicyclic) bond motifs is 1. The number of hydrogen-bond donors (Lipinski definition) is 1. The summed E-state index contributed by atoms with van der Waals surface area (Å²) >= 11 is 20.1. The summed E-state index contributed by atoms with van der Waals surface area (Å²) in [5, 5.41) is 11.7. The molecule has 0 saturated carbocycles. The molecule has 3 aromatic carbocycles. The molecule has 0 aliphatic heterocycles. The molecule has 0 spiro atoms. The van der Waals surface area contributed by atoms with E-state index in [-0.39, 0.29) is 28.1 Å². The standard InChI is InChI=1S/C26H17Cl3O5S/c1-13-7-15(27)8-14(2)23(13)24(32)26-25(19-4-3-16(31)9-22(19)35-26)34-17-10-20(28)18(21(29)11-17)5-6-33-12-30/h3-12,31H,1-2H3/b6-5+. The number of rotatable bonds is 7. The monoisotopic (exact) mass is 546 g/mol. The normalized spacial score (nSPS) is 11.2. The zero-order chi connectivity index (χ0) is 25.3. The fraction of sp³-hybridized carbons (Fsp3) is 0.0769. The van der Waals surface area contributed by atoms with Gasteiger partial charge in [0.25, 0.3) is 6.47 Å². The van der Waals surface area contributed by atoms with E-state index in [1.807, 2.05) is 13.8 Å². The Hall–Kier alpha value is -3.03. The van der Waals surface area contributed by atoms with E-state index in [1.165, 1.54) is 23.5 Å². The van der Waals surface area contributed by atoms with Crippen LogP contribution in [0, 0.1) is 13.8 Å². The van der Waals surface area contributed by atoms with E-state index in [0.29, 0.717) is 42.6 Å². The number of hydrogen-bond acceptors (Lipinski definition) is 6. The van der Waals surface area contributed by atoms with Crippen molar-refractivity contribution in [2.45, 2.75) is 13.8 Å². The Balaban J connectivity index is 1.83. The van der Waals surface area contributed by atoms with Crippen molar-refractivity contribution in [3.8, 4) is 17.2 Å². The number of thiophene rings is 1. The number of carbonyl (C=O) groups excluding carboxylic acids is 2. The van der Waals surface area contributed by atoms with Gasteiger partial charge in [0.05, 0.1) is 16.3 Å². The summed E-state index contributed by atoms with van der Waals surface area (Å²) in [7, 11) is 0. The maximum atomic E-state index is 13.7. The molecule has 4 aromatic rings. The van der Waals surface area contributed by atoms with Gasteiger partial charge in [-0.2, -0.15) is 0 Å². The van der Waals surface area contributed by atoms with Crippen molar-refractivity contribution in [1.29, 1.82) is 0 Å². The quantitative estimate of drug-likeness (QED) is 0.143. The highest BCUT2D eigenvalue weighted by molar-refractivity contribution is 7.21. The van der Waals surface area contributed by atoms with Gasteiger partial charge in [-0.1, -0.05) is 34.8 Å². The second-order valence-corrected chi connectivity index (χ2v) is 9.93. The Morgan fingerprint density at radius 2 is 1.66 bits per heavy atom. The molecule has 4 rings (SSSR count). The van der Waals surface area contributed by atoms with E-state index in [0.717, 1.165) is 17.4 Å². The van der Waals surface area contributed by atoms with Crippen LogP contribution in [0.3, 0.4) is 0 Å². The molecule has 0 aliphatic carbocycles. The number of phenols is 1. The van der Waals surface area contributed by atoms with E-state index >= 15 is 0 Å². The van der Waals surface area contributed by atoms with Crippen LogP contribution in [0.15, 0.2) is 48.7 Å². The summed E-state index contributed by atoms with van der Waals surface area (Å²) in [6.45, 7) is 3.93. The average Bonchev–Trinajstić information content (AvgIpc) is 3.12. The van der Waals surface area contributed by atoms with E-state index in [2.05, 4.69) is 4.74 Å². The van der Waals surface area contributed by atoms with Gasteiger partial charge in [0.15, 0.2) is 5.75 Å². The molecule has 1 N–H and O–H groups in total. The molecule has 0 atom stereocenters. The first kappa shape index (κ1) is 25.1. The van der Waals surface area contributed by atoms with Crippen LogP contribution in [0.25, 0.3) is 16.2 Å². The second kappa shape index (κ2) is 10.3. The van der Waals surface area contributed by atoms with Crippen LogP contribution in [0.5, 0.6) is 17.2 Å². The lowest BCUT2D eigenvalue weighted by Crippen LogP contribution is -2.06. The molecule has 1 heterocycles. The highest BCUT2D eigenvalue weighted by atomic mass is 35.5. The van der Waals surface area contributed by atoms with Gasteiger partial charge in [-0.3, -0.25) is 9.59 Å². The van der Waals surface area contributed by atoms with Crippen LogP contribution in [-0.4, -0.2) is 17.4 Å². The van der Waals surface area contributed by atoms with Crippen molar-refractivity contribution < 1.29 is 24.2 Å². The lowest BCUT2D eigenvalue weighted by molar-refractivity contribution is -0.123. The zero-order valence-corrected chi connectivity index (χ0v) is 21.5. The molecule has 0 fully saturated rings. The summed E-state index contributed by atoms with van der Waals surface area (Å²) in [5.74, 6) is 0.473. The van der Waals surface area contributed by atoms with Crippen LogP contribution >= 0.6 is 46.1 Å². The summed E-state index contributed by atoms with van der Waals surface area (Å²) in [6.07, 6.45) is 2.61. The maximum Gasteiger partial charge on any atom is 0.297 e. The van der Waals surface area contributed by atoms with Gasteiger partial charge in [0.1, 0.15) is 16.4 Å². The number of aromatic hydroxyl groups is 1. The van der Waals surface area contributed by atoms with Gasteiger partial charge in [-0.05, 0) is 61.4 Å². The lowest BCUT2D eigenvalue weighted by Gasteiger charge is -2.12. The van der Waals surface area contributed by atoms with Crippen molar-refractivity contribution in [3.63, 3.8) is 0 Å². The minimum atomic E-state index is -0.227. The summed E-state index contributed by atoms with van der Waals surface area (Å²) in [6, 6.07) is 11.4. The number of ether oxygens (including phenoxy) is 2. The molecule has 0 bridgehead atoms. The van der Waals surface area contributed by atoms with Crippen molar-refractivity contribution in [3.05, 3.63) is 90.9 Å². The number of aryl methyl sites for hydroxylation is 2. The smallest absolute Gasteiger partial charge is 0.297 e. The average molecular weight is 548 g/mol. The molecular formula is C26H17Cl3O5S. The lowest BCUT2D eigenvalue weighted by atomic mass is 9.98. The largest absolute Gasteiger partial charge is 0.508 e. The van der Waals surface area contributed by atoms with Crippen molar-refractivity contribution >= 4 is 74.6 Å². The number of carbonyl (C=O) groups is 2. The third kappa shape index (κ3) is 5.16. The Labute approximate surface area is 220 Å². The molecule has 35 heavy (non-hydrogen) atoms. The SMILES string of the molecule is Cc1cc(Cl)cc(C)c1C(=O)c1sc2cc(O)ccc2c1Oc1cc(Cl)c(/C=C/OC=O)c(Cl)c1. The Bertz CT molecular complexity index is 1460. The molecule has 1 aromatic heterocycles. The van der Waals surface area contributed by atoms with Crippen molar-refractivity contribution in [2.75, 3.05) is 0 Å². The van der Waals surface area contributed by atoms with Crippen molar-refractivity contribution in [2.24, 2.45) is 0 Å². The number of benzene rings is 3. The van der Waals surface area contributed by atoms with Crippen LogP contribution in [0.2, 0.25) is 15.1 Å². The van der Waals surface area contributed by atoms with Crippen LogP contribution in [-0.2, 0) is 9.53 Å². The summed E-state index contributed by atoms with van der Waals surface area (Å²) in [4.78, 5) is 24.4. The minimum Gasteiger partial charge on any atom is -0.508 e. The van der Waals surface area contributed by atoms with Gasteiger partial charge < -0.3 is 14.6 Å². The molecule has 178 valence electrons. The van der Waals surface area contributed by atoms with Gasteiger partial charge in [0, 0.05) is 38.4 Å². The molecule has 0 saturated heterocycles. The maximum absolute atomic E-state index is 13.7. The molecule has 0 amide bonds. The van der Waals surface area contributed by atoms with E-state index in [1.54, 1.807) is 36.4 Å². The third-order valence-corrected chi connectivity index (χ3v) is 7.18. The first-order chi connectivity index (χ1) is 16.7. The molecular weight excluding hydrogens is 531 g/mol. The Morgan fingerprint density at radius 3 is 2.29 bits per heavy atom. The fourth-order valence-electron chi connectivity index (χ4n) is 3.73. The van der Waals surface area contributed by atoms with E-state index < -0.39 is 0 Å². The topological polar surface area (TPSA) is 72.8 Å². The molecule has 0 aliphatic rings. The van der Waals surface area contributed by atoms with Gasteiger partial charge in [-0.25, -0.2) is 0 Å². The predicted molar refractivity (Wildman–Crippen MR) is 141 cm³/mol. The van der Waals surface area contributed by atoms with E-state index in [4.69, 9.17) is 39.5 Å². The summed E-state index contributed by atoms with van der Waals surface area (Å²) in [5.41, 5.74) is 2.45. The van der Waals surface area contributed by atoms with Crippen molar-refractivity contribution in [1.82, 2.24) is 0 Å². The van der Waals surface area contributed by atoms with Crippen LogP contribution < -0.4 is 4.74 Å². The highest BCUT2D eigenvalue weighted by Gasteiger charge is 2.25. The van der Waals surface area contributed by atoms with Gasteiger partial charge >= 0.3 is 0 Å². The first-order valence-electron chi connectivity index (χ1n) is 10.2. The third-order valence-electron chi connectivity index (χ3n) is 5.20. The zero-order valence-electron chi connectivity index (χ0n) is 18.4. The van der Waals surface area contributed by atoms with Gasteiger partial charge in [-0.15, -0.1) is 11.3 Å². The first-order valence-corrected chi connectivity index (χ1v) is 12.1. The highest BCUT2D eigenvalue weighted by Crippen LogP contribution is 2.44. The fourth-order valence-corrected chi connectivity index (χ4v) is 5.76. The van der Waals surface area contributed by atoms with Crippen LogP contribution in [0.1, 0.15) is 31.9 Å². The summed E-state index contributed by atoms with van der Waals surface area (Å²) < 4.78 is 11.4. The van der Waals surface area contributed by atoms with Gasteiger partial charge in [0.2, 0.25) is 5.78 Å². The molecule has 5 nitrogen and oxygen atoms in total. The number of ketones is 1. The Morgan fingerprint density at radius 1 is 1.00 bits per heavy atom. The predicted octanol–water partition coefficient (Wildman–Crippen LogP) is 8.35. The number of halogens is 3. The van der Waals surface area contributed by atoms with Crippen LogP contribution in [0.4, 0.5) is 0 Å². The van der Waals surface area contributed by atoms with E-state index in [9.17, 15) is 14.7 Å².